The molecular weight excluding hydrogens is 417 g/mol. The highest BCUT2D eigenvalue weighted by Crippen LogP contribution is 2.35. The van der Waals surface area contributed by atoms with E-state index >= 15 is 0 Å². The van der Waals surface area contributed by atoms with Gasteiger partial charge in [-0.05, 0) is 55.3 Å². The summed E-state index contributed by atoms with van der Waals surface area (Å²) in [5.41, 5.74) is 1.63. The molecule has 0 radical (unpaired) electrons. The molecule has 0 spiro atoms. The van der Waals surface area contributed by atoms with Gasteiger partial charge in [0.1, 0.15) is 22.4 Å². The van der Waals surface area contributed by atoms with Crippen LogP contribution < -0.4 is 10.9 Å². The first-order valence-electron chi connectivity index (χ1n) is 9.75. The number of rotatable bonds is 5. The Kier molecular flexibility index (Phi) is 5.56. The molecule has 4 rings (SSSR count). The highest BCUT2D eigenvalue weighted by molar-refractivity contribution is 7.19. The fourth-order valence-electron chi connectivity index (χ4n) is 3.58. The molecule has 158 valence electrons. The Morgan fingerprint density at radius 2 is 1.87 bits per heavy atom. The molecular formula is C23H20FN3O3S. The zero-order chi connectivity index (χ0) is 22.1. The molecule has 2 heterocycles. The maximum Gasteiger partial charge on any atom is 0.263 e. The van der Waals surface area contributed by atoms with Crippen LogP contribution in [0.2, 0.25) is 0 Å². The van der Waals surface area contributed by atoms with Crippen LogP contribution >= 0.6 is 11.3 Å². The van der Waals surface area contributed by atoms with Gasteiger partial charge in [-0.25, -0.2) is 9.37 Å². The number of nitrogens with one attached hydrogen (secondary N) is 1. The first-order chi connectivity index (χ1) is 14.9. The van der Waals surface area contributed by atoms with E-state index in [0.29, 0.717) is 27.9 Å². The standard InChI is InChI=1S/C23H20FN3O3S/c1-3-18(21(29)26-16-8-10-17(28)11-9-16)27-12-25-22-20(23(27)30)19(13(2)31-22)14-4-6-15(24)7-5-14/h4-12,18,28H,3H2,1-2H3,(H,26,29). The van der Waals surface area contributed by atoms with E-state index in [4.69, 9.17) is 0 Å². The van der Waals surface area contributed by atoms with Crippen molar-refractivity contribution in [2.75, 3.05) is 5.32 Å². The number of thiophene rings is 1. The molecule has 0 saturated heterocycles. The van der Waals surface area contributed by atoms with Gasteiger partial charge in [0.15, 0.2) is 0 Å². The SMILES string of the molecule is CCC(C(=O)Nc1ccc(O)cc1)n1cnc2sc(C)c(-c3ccc(F)cc3)c2c1=O. The summed E-state index contributed by atoms with van der Waals surface area (Å²) in [5, 5.41) is 12.6. The third-order valence-corrected chi connectivity index (χ3v) is 6.12. The molecule has 0 fully saturated rings. The lowest BCUT2D eigenvalue weighted by molar-refractivity contribution is -0.119. The van der Waals surface area contributed by atoms with Gasteiger partial charge in [-0.1, -0.05) is 19.1 Å². The van der Waals surface area contributed by atoms with Crippen LogP contribution in [0.5, 0.6) is 5.75 Å². The summed E-state index contributed by atoms with van der Waals surface area (Å²) in [5.74, 6) is -0.614. The Hall–Kier alpha value is -3.52. The van der Waals surface area contributed by atoms with E-state index in [2.05, 4.69) is 10.3 Å². The van der Waals surface area contributed by atoms with Crippen LogP contribution in [0.25, 0.3) is 21.3 Å². The second-order valence-electron chi connectivity index (χ2n) is 7.14. The number of hydrogen-bond donors (Lipinski definition) is 2. The van der Waals surface area contributed by atoms with E-state index < -0.39 is 6.04 Å². The number of carbonyl (C=O) groups excluding carboxylic acids is 1. The Morgan fingerprint density at radius 1 is 1.19 bits per heavy atom. The maximum atomic E-state index is 13.4. The van der Waals surface area contributed by atoms with Crippen molar-refractivity contribution in [1.29, 1.82) is 0 Å². The molecule has 0 bridgehead atoms. The number of aromatic hydroxyl groups is 1. The van der Waals surface area contributed by atoms with E-state index in [1.54, 1.807) is 24.3 Å². The molecule has 2 aromatic carbocycles. The summed E-state index contributed by atoms with van der Waals surface area (Å²) in [6, 6.07) is 11.3. The van der Waals surface area contributed by atoms with Crippen molar-refractivity contribution in [2.24, 2.45) is 0 Å². The van der Waals surface area contributed by atoms with Gasteiger partial charge in [-0.15, -0.1) is 11.3 Å². The molecule has 0 saturated carbocycles. The fourth-order valence-corrected chi connectivity index (χ4v) is 4.58. The molecule has 0 aliphatic rings. The molecule has 2 aromatic heterocycles. The number of halogens is 1. The van der Waals surface area contributed by atoms with Crippen LogP contribution in [0.1, 0.15) is 24.3 Å². The summed E-state index contributed by atoms with van der Waals surface area (Å²) in [6.45, 7) is 3.71. The molecule has 31 heavy (non-hydrogen) atoms. The third-order valence-electron chi connectivity index (χ3n) is 5.11. The van der Waals surface area contributed by atoms with Crippen LogP contribution in [0.4, 0.5) is 10.1 Å². The zero-order valence-corrected chi connectivity index (χ0v) is 17.7. The quantitative estimate of drug-likeness (QED) is 0.437. The Balaban J connectivity index is 1.78. The average molecular weight is 437 g/mol. The molecule has 1 unspecified atom stereocenters. The van der Waals surface area contributed by atoms with Crippen molar-refractivity contribution >= 4 is 33.1 Å². The average Bonchev–Trinajstić information content (AvgIpc) is 3.09. The lowest BCUT2D eigenvalue weighted by atomic mass is 10.0. The van der Waals surface area contributed by atoms with Crippen LogP contribution in [-0.4, -0.2) is 20.6 Å². The van der Waals surface area contributed by atoms with Gasteiger partial charge in [0.25, 0.3) is 5.56 Å². The maximum absolute atomic E-state index is 13.4. The number of anilines is 1. The summed E-state index contributed by atoms with van der Waals surface area (Å²) < 4.78 is 14.7. The summed E-state index contributed by atoms with van der Waals surface area (Å²) in [4.78, 5) is 32.3. The Bertz CT molecular complexity index is 1310. The number of carbonyl (C=O) groups is 1. The van der Waals surface area contributed by atoms with Gasteiger partial charge < -0.3 is 10.4 Å². The van der Waals surface area contributed by atoms with Crippen molar-refractivity contribution in [1.82, 2.24) is 9.55 Å². The number of hydrogen-bond acceptors (Lipinski definition) is 5. The number of aryl methyl sites for hydroxylation is 1. The lowest BCUT2D eigenvalue weighted by Gasteiger charge is -2.18. The minimum atomic E-state index is -0.764. The smallest absolute Gasteiger partial charge is 0.263 e. The molecule has 6 nitrogen and oxygen atoms in total. The molecule has 0 aliphatic heterocycles. The molecule has 1 atom stereocenters. The van der Waals surface area contributed by atoms with Crippen LogP contribution in [0.3, 0.4) is 0 Å². The minimum Gasteiger partial charge on any atom is -0.508 e. The molecule has 4 aromatic rings. The van der Waals surface area contributed by atoms with Gasteiger partial charge in [0.2, 0.25) is 5.91 Å². The van der Waals surface area contributed by atoms with Gasteiger partial charge >= 0.3 is 0 Å². The van der Waals surface area contributed by atoms with Crippen LogP contribution in [0, 0.1) is 12.7 Å². The first-order valence-corrected chi connectivity index (χ1v) is 10.6. The normalized spacial score (nSPS) is 12.1. The highest BCUT2D eigenvalue weighted by atomic mass is 32.1. The summed E-state index contributed by atoms with van der Waals surface area (Å²) >= 11 is 1.39. The topological polar surface area (TPSA) is 84.2 Å². The first kappa shape index (κ1) is 20.7. The van der Waals surface area contributed by atoms with Crippen molar-refractivity contribution in [3.8, 4) is 16.9 Å². The van der Waals surface area contributed by atoms with E-state index in [1.807, 2.05) is 13.8 Å². The van der Waals surface area contributed by atoms with Crippen molar-refractivity contribution < 1.29 is 14.3 Å². The lowest BCUT2D eigenvalue weighted by Crippen LogP contribution is -2.33. The van der Waals surface area contributed by atoms with Crippen LogP contribution in [-0.2, 0) is 4.79 Å². The van der Waals surface area contributed by atoms with Crippen molar-refractivity contribution in [3.05, 3.63) is 75.9 Å². The summed E-state index contributed by atoms with van der Waals surface area (Å²) in [6.07, 6.45) is 1.78. The molecule has 0 aliphatic carbocycles. The van der Waals surface area contributed by atoms with Gasteiger partial charge in [-0.2, -0.15) is 0 Å². The van der Waals surface area contributed by atoms with E-state index in [-0.39, 0.29) is 23.0 Å². The largest absolute Gasteiger partial charge is 0.508 e. The second kappa shape index (κ2) is 8.31. The number of aromatic nitrogens is 2. The minimum absolute atomic E-state index is 0.0945. The number of amides is 1. The Morgan fingerprint density at radius 3 is 2.52 bits per heavy atom. The van der Waals surface area contributed by atoms with E-state index in [9.17, 15) is 19.1 Å². The number of phenols is 1. The van der Waals surface area contributed by atoms with Gasteiger partial charge in [-0.3, -0.25) is 14.2 Å². The molecule has 1 amide bonds. The predicted octanol–water partition coefficient (Wildman–Crippen LogP) is 4.87. The summed E-state index contributed by atoms with van der Waals surface area (Å²) in [7, 11) is 0. The molecule has 2 N–H and O–H groups in total. The van der Waals surface area contributed by atoms with E-state index in [0.717, 1.165) is 10.4 Å². The van der Waals surface area contributed by atoms with Gasteiger partial charge in [0, 0.05) is 16.1 Å². The third kappa shape index (κ3) is 3.94. The number of phenolic OH excluding ortho intramolecular Hbond substituents is 1. The fraction of sp³-hybridized carbons (Fsp3) is 0.174. The Labute approximate surface area is 181 Å². The van der Waals surface area contributed by atoms with Crippen LogP contribution in [0.15, 0.2) is 59.7 Å². The second-order valence-corrected chi connectivity index (χ2v) is 8.34. The van der Waals surface area contributed by atoms with Crippen molar-refractivity contribution in [3.63, 3.8) is 0 Å². The van der Waals surface area contributed by atoms with Crippen molar-refractivity contribution in [2.45, 2.75) is 26.3 Å². The zero-order valence-electron chi connectivity index (χ0n) is 16.9. The van der Waals surface area contributed by atoms with Gasteiger partial charge in [0.05, 0.1) is 11.7 Å². The highest BCUT2D eigenvalue weighted by Gasteiger charge is 2.24. The number of nitrogens with zero attached hydrogens (tertiary/aromatic N) is 2. The monoisotopic (exact) mass is 437 g/mol. The van der Waals surface area contributed by atoms with E-state index in [1.165, 1.54) is 46.5 Å². The predicted molar refractivity (Wildman–Crippen MR) is 120 cm³/mol. The number of fused-ring (bicyclic) bond motifs is 1. The molecule has 8 heteroatoms. The number of benzene rings is 2.